The summed E-state index contributed by atoms with van der Waals surface area (Å²) in [6.07, 6.45) is 4.31. The molecule has 2 aromatic rings. The Labute approximate surface area is 158 Å². The van der Waals surface area contributed by atoms with Gasteiger partial charge in [-0.05, 0) is 96.8 Å². The topological polar surface area (TPSA) is 29.3 Å². The van der Waals surface area contributed by atoms with E-state index < -0.39 is 0 Å². The van der Waals surface area contributed by atoms with Gasteiger partial charge in [0.15, 0.2) is 0 Å². The van der Waals surface area contributed by atoms with Gasteiger partial charge in [-0.15, -0.1) is 0 Å². The second kappa shape index (κ2) is 9.99. The minimum absolute atomic E-state index is 0.163. The molecule has 0 radical (unpaired) electrons. The Hall–Kier alpha value is -1.14. The highest BCUT2D eigenvalue weighted by Gasteiger charge is 2.06. The Balaban J connectivity index is 1.80. The summed E-state index contributed by atoms with van der Waals surface area (Å²) in [4.78, 5) is 2.52. The van der Waals surface area contributed by atoms with Gasteiger partial charge in [0.25, 0.3) is 0 Å². The van der Waals surface area contributed by atoms with Crippen molar-refractivity contribution in [2.75, 3.05) is 25.4 Å². The first-order chi connectivity index (χ1) is 11.6. The van der Waals surface area contributed by atoms with Crippen LogP contribution in [-0.2, 0) is 12.8 Å². The fourth-order valence-corrected chi connectivity index (χ4v) is 3.40. The molecule has 0 bridgehead atoms. The Kier molecular flexibility index (Phi) is 7.99. The van der Waals surface area contributed by atoms with Crippen LogP contribution in [0.3, 0.4) is 0 Å². The minimum atomic E-state index is -0.163. The van der Waals surface area contributed by atoms with Gasteiger partial charge < -0.3 is 10.6 Å². The SMILES string of the molecule is CCCN(CCCc1ccc(F)cc1)CCc1ccc(N)c(I)c1. The molecule has 0 atom stereocenters. The first-order valence-electron chi connectivity index (χ1n) is 8.59. The van der Waals surface area contributed by atoms with Crippen LogP contribution < -0.4 is 5.73 Å². The third-order valence-electron chi connectivity index (χ3n) is 4.17. The van der Waals surface area contributed by atoms with E-state index in [1.807, 2.05) is 18.2 Å². The van der Waals surface area contributed by atoms with Gasteiger partial charge in [0.05, 0.1) is 0 Å². The number of anilines is 1. The Morgan fingerprint density at radius 2 is 1.67 bits per heavy atom. The zero-order valence-electron chi connectivity index (χ0n) is 14.3. The number of nitrogens with zero attached hydrogens (tertiary/aromatic N) is 1. The number of halogens is 2. The number of nitrogen functional groups attached to an aromatic ring is 1. The average molecular weight is 440 g/mol. The lowest BCUT2D eigenvalue weighted by Gasteiger charge is -2.22. The van der Waals surface area contributed by atoms with Crippen LogP contribution in [0.4, 0.5) is 10.1 Å². The van der Waals surface area contributed by atoms with Crippen molar-refractivity contribution in [1.29, 1.82) is 0 Å². The molecule has 24 heavy (non-hydrogen) atoms. The normalized spacial score (nSPS) is 11.2. The maximum atomic E-state index is 12.9. The first kappa shape index (κ1) is 19.2. The molecule has 0 aliphatic carbocycles. The zero-order chi connectivity index (χ0) is 17.4. The van der Waals surface area contributed by atoms with Crippen LogP contribution in [0.15, 0.2) is 42.5 Å². The number of nitrogens with two attached hydrogens (primary N) is 1. The minimum Gasteiger partial charge on any atom is -0.398 e. The van der Waals surface area contributed by atoms with Crippen LogP contribution in [0, 0.1) is 9.39 Å². The predicted octanol–water partition coefficient (Wildman–Crippen LogP) is 4.90. The molecule has 2 aromatic carbocycles. The van der Waals surface area contributed by atoms with Crippen molar-refractivity contribution in [3.05, 3.63) is 63.0 Å². The largest absolute Gasteiger partial charge is 0.398 e. The van der Waals surface area contributed by atoms with E-state index in [2.05, 4.69) is 46.5 Å². The molecule has 130 valence electrons. The van der Waals surface area contributed by atoms with Crippen LogP contribution in [0.1, 0.15) is 30.9 Å². The molecular formula is C20H26FIN2. The molecule has 0 aromatic heterocycles. The van der Waals surface area contributed by atoms with Crippen LogP contribution in [0.5, 0.6) is 0 Å². The molecule has 2 N–H and O–H groups in total. The molecule has 4 heteroatoms. The summed E-state index contributed by atoms with van der Waals surface area (Å²) < 4.78 is 14.1. The first-order valence-corrected chi connectivity index (χ1v) is 9.67. The van der Waals surface area contributed by atoms with E-state index in [-0.39, 0.29) is 5.82 Å². The second-order valence-electron chi connectivity index (χ2n) is 6.18. The highest BCUT2D eigenvalue weighted by molar-refractivity contribution is 14.1. The summed E-state index contributed by atoms with van der Waals surface area (Å²) >= 11 is 2.29. The van der Waals surface area contributed by atoms with Gasteiger partial charge in [0.2, 0.25) is 0 Å². The summed E-state index contributed by atoms with van der Waals surface area (Å²) in [5, 5.41) is 0. The number of rotatable bonds is 9. The van der Waals surface area contributed by atoms with Crippen molar-refractivity contribution >= 4 is 28.3 Å². The van der Waals surface area contributed by atoms with Crippen molar-refractivity contribution in [3.8, 4) is 0 Å². The van der Waals surface area contributed by atoms with E-state index in [0.29, 0.717) is 0 Å². The summed E-state index contributed by atoms with van der Waals surface area (Å²) in [5.41, 5.74) is 9.28. The van der Waals surface area contributed by atoms with Gasteiger partial charge in [0.1, 0.15) is 5.82 Å². The third-order valence-corrected chi connectivity index (χ3v) is 5.11. The van der Waals surface area contributed by atoms with Crippen molar-refractivity contribution in [2.45, 2.75) is 32.6 Å². The van der Waals surface area contributed by atoms with Crippen LogP contribution >= 0.6 is 22.6 Å². The lowest BCUT2D eigenvalue weighted by molar-refractivity contribution is 0.274. The monoisotopic (exact) mass is 440 g/mol. The number of hydrogen-bond acceptors (Lipinski definition) is 2. The van der Waals surface area contributed by atoms with Crippen LogP contribution in [0.2, 0.25) is 0 Å². The standard InChI is InChI=1S/C20H26FIN2/c1-2-12-24(13-3-4-16-5-8-18(21)9-6-16)14-11-17-7-10-20(23)19(22)15-17/h5-10,15H,2-4,11-14,23H2,1H3. The van der Waals surface area contributed by atoms with E-state index >= 15 is 0 Å². The van der Waals surface area contributed by atoms with E-state index in [4.69, 9.17) is 5.73 Å². The van der Waals surface area contributed by atoms with Crippen LogP contribution in [0.25, 0.3) is 0 Å². The fourth-order valence-electron chi connectivity index (χ4n) is 2.82. The van der Waals surface area contributed by atoms with Gasteiger partial charge in [0, 0.05) is 15.8 Å². The summed E-state index contributed by atoms with van der Waals surface area (Å²) in [6.45, 7) is 5.49. The van der Waals surface area contributed by atoms with Crippen molar-refractivity contribution in [1.82, 2.24) is 4.90 Å². The Bertz CT molecular complexity index is 628. The molecule has 0 fully saturated rings. The van der Waals surface area contributed by atoms with Gasteiger partial charge >= 0.3 is 0 Å². The number of hydrogen-bond donors (Lipinski definition) is 1. The quantitative estimate of drug-likeness (QED) is 0.444. The molecular weight excluding hydrogens is 414 g/mol. The van der Waals surface area contributed by atoms with Gasteiger partial charge in [-0.25, -0.2) is 4.39 Å². The van der Waals surface area contributed by atoms with Crippen LogP contribution in [-0.4, -0.2) is 24.5 Å². The Morgan fingerprint density at radius 3 is 2.33 bits per heavy atom. The maximum Gasteiger partial charge on any atom is 0.123 e. The van der Waals surface area contributed by atoms with Crippen molar-refractivity contribution in [3.63, 3.8) is 0 Å². The lowest BCUT2D eigenvalue weighted by atomic mass is 10.1. The highest BCUT2D eigenvalue weighted by Crippen LogP contribution is 2.17. The van der Waals surface area contributed by atoms with E-state index in [0.717, 1.165) is 54.6 Å². The highest BCUT2D eigenvalue weighted by atomic mass is 127. The molecule has 0 saturated carbocycles. The van der Waals surface area contributed by atoms with Gasteiger partial charge in [-0.2, -0.15) is 0 Å². The smallest absolute Gasteiger partial charge is 0.123 e. The molecule has 0 amide bonds. The maximum absolute atomic E-state index is 12.9. The molecule has 0 unspecified atom stereocenters. The molecule has 0 saturated heterocycles. The fraction of sp³-hybridized carbons (Fsp3) is 0.400. The van der Waals surface area contributed by atoms with Crippen molar-refractivity contribution in [2.24, 2.45) is 0 Å². The summed E-state index contributed by atoms with van der Waals surface area (Å²) in [5.74, 6) is -0.163. The molecule has 0 spiro atoms. The number of aryl methyl sites for hydroxylation is 1. The molecule has 0 aliphatic heterocycles. The van der Waals surface area contributed by atoms with Gasteiger partial charge in [-0.1, -0.05) is 25.1 Å². The average Bonchev–Trinajstić information content (AvgIpc) is 2.57. The van der Waals surface area contributed by atoms with E-state index in [9.17, 15) is 4.39 Å². The summed E-state index contributed by atoms with van der Waals surface area (Å²) in [7, 11) is 0. The molecule has 0 aliphatic rings. The van der Waals surface area contributed by atoms with Crippen molar-refractivity contribution < 1.29 is 4.39 Å². The predicted molar refractivity (Wildman–Crippen MR) is 109 cm³/mol. The molecule has 0 heterocycles. The Morgan fingerprint density at radius 1 is 0.958 bits per heavy atom. The number of benzene rings is 2. The lowest BCUT2D eigenvalue weighted by Crippen LogP contribution is -2.28. The second-order valence-corrected chi connectivity index (χ2v) is 7.34. The van der Waals surface area contributed by atoms with E-state index in [1.165, 1.54) is 11.1 Å². The van der Waals surface area contributed by atoms with Gasteiger partial charge in [-0.3, -0.25) is 0 Å². The summed E-state index contributed by atoms with van der Waals surface area (Å²) in [6, 6.07) is 13.2. The molecule has 2 rings (SSSR count). The zero-order valence-corrected chi connectivity index (χ0v) is 16.4. The molecule has 2 nitrogen and oxygen atoms in total. The van der Waals surface area contributed by atoms with E-state index in [1.54, 1.807) is 12.1 Å². The third kappa shape index (κ3) is 6.40.